The highest BCUT2D eigenvalue weighted by Crippen LogP contribution is 2.31. The van der Waals surface area contributed by atoms with Crippen LogP contribution in [0.1, 0.15) is 70.3 Å². The van der Waals surface area contributed by atoms with Gasteiger partial charge in [0, 0.05) is 18.1 Å². The van der Waals surface area contributed by atoms with Crippen molar-refractivity contribution in [1.82, 2.24) is 40.8 Å². The molecular formula is C38H48N9O8+. The lowest BCUT2D eigenvalue weighted by molar-refractivity contribution is -0.795. The molecule has 0 saturated heterocycles. The lowest BCUT2D eigenvalue weighted by atomic mass is 9.98. The van der Waals surface area contributed by atoms with E-state index in [4.69, 9.17) is 23.8 Å². The molecule has 0 spiro atoms. The number of ether oxygens (including phenoxy) is 4. The van der Waals surface area contributed by atoms with E-state index in [2.05, 4.69) is 31.2 Å². The fourth-order valence-corrected chi connectivity index (χ4v) is 5.53. The van der Waals surface area contributed by atoms with E-state index < -0.39 is 18.4 Å². The molecule has 2 aromatic heterocycles. The molecular weight excluding hydrogens is 710 g/mol. The first-order valence-corrected chi connectivity index (χ1v) is 18.0. The number of para-hydroxylation sites is 1. The largest absolute Gasteiger partial charge is 0.511 e. The summed E-state index contributed by atoms with van der Waals surface area (Å²) in [5.41, 5.74) is 6.93. The summed E-state index contributed by atoms with van der Waals surface area (Å²) in [5.74, 6) is -0.231. The minimum absolute atomic E-state index is 0.0178. The number of hydrogen-bond donors (Lipinski definition) is 2. The van der Waals surface area contributed by atoms with E-state index in [-0.39, 0.29) is 30.2 Å². The van der Waals surface area contributed by atoms with Crippen LogP contribution in [-0.2, 0) is 25.6 Å². The number of hydrogen-bond acceptors (Lipinski definition) is 12. The highest BCUT2D eigenvalue weighted by molar-refractivity contribution is 6.02. The Hall–Kier alpha value is -6.10. The molecule has 292 valence electrons. The van der Waals surface area contributed by atoms with Crippen LogP contribution in [0.5, 0.6) is 6.01 Å². The highest BCUT2D eigenvalue weighted by Gasteiger charge is 2.30. The van der Waals surface area contributed by atoms with E-state index in [0.717, 1.165) is 22.3 Å². The van der Waals surface area contributed by atoms with Crippen molar-refractivity contribution < 1.29 is 38.4 Å². The molecule has 0 bridgehead atoms. The Morgan fingerprint density at radius 2 is 1.75 bits per heavy atom. The summed E-state index contributed by atoms with van der Waals surface area (Å²) in [6, 6.07) is 21.3. The lowest BCUT2D eigenvalue weighted by Gasteiger charge is -2.22. The predicted molar refractivity (Wildman–Crippen MR) is 201 cm³/mol. The van der Waals surface area contributed by atoms with Crippen LogP contribution in [0.4, 0.5) is 4.79 Å². The maximum atomic E-state index is 13.5. The normalized spacial score (nSPS) is 12.5. The summed E-state index contributed by atoms with van der Waals surface area (Å²) < 4.78 is 23.7. The minimum atomic E-state index is -1.24. The van der Waals surface area contributed by atoms with Crippen molar-refractivity contribution in [2.24, 2.45) is 5.92 Å². The van der Waals surface area contributed by atoms with E-state index in [1.807, 2.05) is 87.7 Å². The number of benzene rings is 3. The first-order chi connectivity index (χ1) is 26.3. The van der Waals surface area contributed by atoms with Crippen molar-refractivity contribution in [3.8, 4) is 28.5 Å². The number of esters is 1. The summed E-state index contributed by atoms with van der Waals surface area (Å²) in [6.45, 7) is 12.0. The summed E-state index contributed by atoms with van der Waals surface area (Å²) in [7, 11) is 1.66. The summed E-state index contributed by atoms with van der Waals surface area (Å²) in [6.07, 6.45) is -0.933. The van der Waals surface area contributed by atoms with E-state index in [0.29, 0.717) is 53.8 Å². The van der Waals surface area contributed by atoms with Gasteiger partial charge >= 0.3 is 12.1 Å². The molecule has 2 heterocycles. The maximum absolute atomic E-state index is 13.5. The maximum Gasteiger partial charge on any atom is 0.511 e. The number of hydrazine groups is 2. The zero-order chi connectivity index (χ0) is 39.5. The third-order valence-electron chi connectivity index (χ3n) is 8.69. The SMILES string of the molecule is CCOc1nc2cccc(C(=O)OC(C)OC(=O)OCC(C)CCCON[N+](=O)N(C)C(C)(C)C)c2n1Cc1ccc(-c2ccccc2-c2nn[nH]n2)cc1. The molecule has 17 heteroatoms. The first kappa shape index (κ1) is 40.1. The second-order valence-electron chi connectivity index (χ2n) is 13.9. The summed E-state index contributed by atoms with van der Waals surface area (Å²) in [4.78, 5) is 48.4. The monoisotopic (exact) mass is 758 g/mol. The zero-order valence-corrected chi connectivity index (χ0v) is 32.1. The van der Waals surface area contributed by atoms with Gasteiger partial charge in [-0.25, -0.2) is 14.4 Å². The standard InChI is InChI=1S/C38H48N9O8/c1-8-51-36-39-32-17-11-16-31(33(32)46(36)23-27-18-20-28(21-19-27)29-14-9-10-15-30(29)34-40-42-43-41-34)35(48)54-26(3)55-37(49)52-24-25(2)13-12-22-53-44-47(50)45(7)38(4,5)6/h9-11,14-21,25-26H,8,12-13,22-24H2,1-7H3,(H,44,50)(H,40,41,42,43)/q+1. The molecule has 0 aliphatic rings. The quantitative estimate of drug-likeness (QED) is 0.0335. The van der Waals surface area contributed by atoms with Gasteiger partial charge in [-0.05, 0) is 80.5 Å². The summed E-state index contributed by atoms with van der Waals surface area (Å²) >= 11 is 0. The molecule has 0 aliphatic carbocycles. The Balaban J connectivity index is 1.17. The average molecular weight is 759 g/mol. The van der Waals surface area contributed by atoms with E-state index in [1.54, 1.807) is 25.2 Å². The lowest BCUT2D eigenvalue weighted by Crippen LogP contribution is -2.49. The highest BCUT2D eigenvalue weighted by atomic mass is 16.8. The number of imidazole rings is 1. The van der Waals surface area contributed by atoms with Crippen LogP contribution < -0.4 is 10.3 Å². The third kappa shape index (κ3) is 10.5. The van der Waals surface area contributed by atoms with E-state index in [9.17, 15) is 14.5 Å². The molecule has 3 aromatic carbocycles. The number of nitrogens with one attached hydrogen (secondary N) is 2. The number of carbonyl (C=O) groups excluding carboxylic acids is 2. The Labute approximate surface area is 318 Å². The van der Waals surface area contributed by atoms with Gasteiger partial charge in [-0.2, -0.15) is 10.2 Å². The van der Waals surface area contributed by atoms with Gasteiger partial charge in [-0.1, -0.05) is 61.5 Å². The molecule has 2 N–H and O–H groups in total. The van der Waals surface area contributed by atoms with Gasteiger partial charge in [0.1, 0.15) is 0 Å². The van der Waals surface area contributed by atoms with Crippen molar-refractivity contribution in [3.63, 3.8) is 0 Å². The Bertz CT molecular complexity index is 2050. The molecule has 0 radical (unpaired) electrons. The van der Waals surface area contributed by atoms with E-state index in [1.165, 1.54) is 11.9 Å². The molecule has 5 aromatic rings. The molecule has 2 unspecified atom stereocenters. The molecule has 17 nitrogen and oxygen atoms in total. The fraction of sp³-hybridized carbons (Fsp3) is 0.421. The number of nitrogens with zero attached hydrogens (tertiary/aromatic N) is 7. The molecule has 0 aliphatic heterocycles. The van der Waals surface area contributed by atoms with Crippen LogP contribution in [0.3, 0.4) is 0 Å². The zero-order valence-electron chi connectivity index (χ0n) is 32.1. The number of rotatable bonds is 18. The minimum Gasteiger partial charge on any atom is -0.465 e. The van der Waals surface area contributed by atoms with Gasteiger partial charge in [0.2, 0.25) is 12.1 Å². The smallest absolute Gasteiger partial charge is 0.465 e. The average Bonchev–Trinajstić information content (AvgIpc) is 3.82. The number of aromatic nitrogens is 6. The predicted octanol–water partition coefficient (Wildman–Crippen LogP) is 6.26. The van der Waals surface area contributed by atoms with Gasteiger partial charge in [0.05, 0.1) is 60.5 Å². The Kier molecular flexibility index (Phi) is 13.3. The fourth-order valence-electron chi connectivity index (χ4n) is 5.53. The van der Waals surface area contributed by atoms with Crippen LogP contribution >= 0.6 is 0 Å². The molecule has 0 saturated carbocycles. The third-order valence-corrected chi connectivity index (χ3v) is 8.69. The second kappa shape index (κ2) is 18.3. The number of fused-ring (bicyclic) bond motifs is 1. The first-order valence-electron chi connectivity index (χ1n) is 18.0. The van der Waals surface area contributed by atoms with Crippen LogP contribution in [0.2, 0.25) is 0 Å². The topological polar surface area (TPSA) is 188 Å². The van der Waals surface area contributed by atoms with E-state index >= 15 is 0 Å². The van der Waals surface area contributed by atoms with Gasteiger partial charge in [-0.3, -0.25) is 4.57 Å². The summed E-state index contributed by atoms with van der Waals surface area (Å²) in [5, 5.41) is 15.9. The van der Waals surface area contributed by atoms with Crippen molar-refractivity contribution in [2.75, 3.05) is 26.9 Å². The van der Waals surface area contributed by atoms with Crippen LogP contribution in [0.25, 0.3) is 33.5 Å². The number of aromatic amines is 1. The van der Waals surface area contributed by atoms with Gasteiger partial charge in [-0.15, -0.1) is 15.2 Å². The number of nitroso groups, excluding NO2 is 1. The van der Waals surface area contributed by atoms with Crippen LogP contribution in [0, 0.1) is 10.8 Å². The van der Waals surface area contributed by atoms with Gasteiger partial charge in [0.25, 0.3) is 11.0 Å². The van der Waals surface area contributed by atoms with Crippen LogP contribution in [-0.4, -0.2) is 91.0 Å². The molecule has 0 fully saturated rings. The molecule has 0 amide bonds. The van der Waals surface area contributed by atoms with Crippen molar-refractivity contribution in [1.29, 1.82) is 0 Å². The molecule has 5 rings (SSSR count). The van der Waals surface area contributed by atoms with Gasteiger partial charge in [0.15, 0.2) is 0 Å². The van der Waals surface area contributed by atoms with Gasteiger partial charge < -0.3 is 18.9 Å². The number of H-pyrrole nitrogens is 1. The van der Waals surface area contributed by atoms with Crippen molar-refractivity contribution >= 4 is 23.2 Å². The Morgan fingerprint density at radius 3 is 2.44 bits per heavy atom. The number of tetrazole rings is 1. The second-order valence-corrected chi connectivity index (χ2v) is 13.9. The molecule has 2 atom stereocenters. The number of carbonyl (C=O) groups is 2. The van der Waals surface area contributed by atoms with Crippen LogP contribution in [0.15, 0.2) is 66.7 Å². The van der Waals surface area contributed by atoms with Crippen molar-refractivity contribution in [3.05, 3.63) is 82.8 Å². The van der Waals surface area contributed by atoms with Crippen molar-refractivity contribution in [2.45, 2.75) is 72.8 Å². The Morgan fingerprint density at radius 1 is 1.00 bits per heavy atom. The molecule has 55 heavy (non-hydrogen) atoms.